The van der Waals surface area contributed by atoms with E-state index in [1.165, 1.54) is 0 Å². The van der Waals surface area contributed by atoms with Crippen molar-refractivity contribution in [3.63, 3.8) is 0 Å². The molecular formula is C12H23NOS. The van der Waals surface area contributed by atoms with E-state index in [2.05, 4.69) is 33.4 Å². The van der Waals surface area contributed by atoms with Gasteiger partial charge in [0.2, 0.25) is 5.91 Å². The third-order valence-corrected chi connectivity index (χ3v) is 3.86. The first-order valence-electron chi connectivity index (χ1n) is 5.89. The molecule has 1 aliphatic heterocycles. The van der Waals surface area contributed by atoms with Crippen LogP contribution in [0.5, 0.6) is 0 Å². The van der Waals surface area contributed by atoms with Gasteiger partial charge in [-0.3, -0.25) is 4.79 Å². The first-order chi connectivity index (χ1) is 6.95. The molecule has 0 aromatic rings. The minimum atomic E-state index is 0.254. The Balaban J connectivity index is 2.90. The summed E-state index contributed by atoms with van der Waals surface area (Å²) in [5.41, 5.74) is 0. The van der Waals surface area contributed by atoms with Gasteiger partial charge in [-0.25, -0.2) is 0 Å². The summed E-state index contributed by atoms with van der Waals surface area (Å²) in [5.74, 6) is 1.50. The van der Waals surface area contributed by atoms with Crippen molar-refractivity contribution in [2.45, 2.75) is 51.3 Å². The van der Waals surface area contributed by atoms with E-state index in [0.717, 1.165) is 12.8 Å². The lowest BCUT2D eigenvalue weighted by Gasteiger charge is -2.37. The van der Waals surface area contributed by atoms with Gasteiger partial charge < -0.3 is 4.90 Å². The maximum atomic E-state index is 11.8. The normalized spacial score (nSPS) is 30.5. The highest BCUT2D eigenvalue weighted by molar-refractivity contribution is 7.81. The molecule has 1 saturated heterocycles. The van der Waals surface area contributed by atoms with E-state index < -0.39 is 0 Å². The van der Waals surface area contributed by atoms with Crippen molar-refractivity contribution < 1.29 is 4.79 Å². The highest BCUT2D eigenvalue weighted by Crippen LogP contribution is 2.32. The highest BCUT2D eigenvalue weighted by atomic mass is 32.1. The number of likely N-dealkylation sites (tertiary alicyclic amines) is 1. The lowest BCUT2D eigenvalue weighted by molar-refractivity contribution is -0.132. The molecule has 0 saturated carbocycles. The second kappa shape index (κ2) is 5.24. The van der Waals surface area contributed by atoms with Gasteiger partial charge in [0.25, 0.3) is 0 Å². The number of nitrogens with zero attached hydrogens (tertiary/aromatic N) is 1. The van der Waals surface area contributed by atoms with Crippen LogP contribution in [-0.4, -0.2) is 29.1 Å². The van der Waals surface area contributed by atoms with Crippen molar-refractivity contribution in [1.29, 1.82) is 0 Å². The molecule has 0 aromatic heterocycles. The lowest BCUT2D eigenvalue weighted by atomic mass is 9.83. The van der Waals surface area contributed by atoms with Gasteiger partial charge in [-0.05, 0) is 24.7 Å². The molecule has 3 unspecified atom stereocenters. The molecular weight excluding hydrogens is 206 g/mol. The lowest BCUT2D eigenvalue weighted by Crippen LogP contribution is -2.46. The van der Waals surface area contributed by atoms with E-state index in [-0.39, 0.29) is 11.2 Å². The van der Waals surface area contributed by atoms with E-state index in [4.69, 9.17) is 0 Å². The molecule has 0 aromatic carbocycles. The van der Waals surface area contributed by atoms with Crippen molar-refractivity contribution in [1.82, 2.24) is 4.90 Å². The standard InChI is InChI=1S/C12H23NOS/c1-8(2)10-6-5-7-11(14)13(4)12(10)9(3)15/h8-10,12,15H,5-7H2,1-4H3. The van der Waals surface area contributed by atoms with Gasteiger partial charge in [0.05, 0.1) is 0 Å². The maximum absolute atomic E-state index is 11.8. The molecule has 3 atom stereocenters. The van der Waals surface area contributed by atoms with Crippen LogP contribution in [0.2, 0.25) is 0 Å². The second-order valence-corrected chi connectivity index (χ2v) is 5.85. The Hall–Kier alpha value is -0.180. The second-order valence-electron chi connectivity index (χ2n) is 5.04. The van der Waals surface area contributed by atoms with Crippen LogP contribution < -0.4 is 0 Å². The number of hydrogen-bond donors (Lipinski definition) is 1. The van der Waals surface area contributed by atoms with Crippen LogP contribution in [-0.2, 0) is 4.79 Å². The fourth-order valence-corrected chi connectivity index (χ4v) is 3.12. The minimum absolute atomic E-state index is 0.254. The molecule has 2 nitrogen and oxygen atoms in total. The third kappa shape index (κ3) is 2.90. The monoisotopic (exact) mass is 229 g/mol. The molecule has 1 aliphatic rings. The summed E-state index contributed by atoms with van der Waals surface area (Å²) < 4.78 is 0. The molecule has 0 aliphatic carbocycles. The zero-order chi connectivity index (χ0) is 11.6. The van der Waals surface area contributed by atoms with Crippen LogP contribution in [0.15, 0.2) is 0 Å². The molecule has 0 N–H and O–H groups in total. The molecule has 1 rings (SSSR count). The molecule has 88 valence electrons. The molecule has 0 bridgehead atoms. The predicted molar refractivity (Wildman–Crippen MR) is 67.2 cm³/mol. The number of carbonyl (C=O) groups excluding carboxylic acids is 1. The Morgan fingerprint density at radius 1 is 1.40 bits per heavy atom. The van der Waals surface area contributed by atoms with Crippen LogP contribution in [0.4, 0.5) is 0 Å². The number of rotatable bonds is 2. The first kappa shape index (κ1) is 12.9. The first-order valence-corrected chi connectivity index (χ1v) is 6.40. The van der Waals surface area contributed by atoms with Gasteiger partial charge >= 0.3 is 0 Å². The topological polar surface area (TPSA) is 20.3 Å². The number of hydrogen-bond acceptors (Lipinski definition) is 2. The van der Waals surface area contributed by atoms with E-state index in [1.54, 1.807) is 0 Å². The fourth-order valence-electron chi connectivity index (χ4n) is 2.70. The van der Waals surface area contributed by atoms with Crippen LogP contribution in [0, 0.1) is 11.8 Å². The Morgan fingerprint density at radius 2 is 2.00 bits per heavy atom. The van der Waals surface area contributed by atoms with Crippen molar-refractivity contribution in [3.05, 3.63) is 0 Å². The van der Waals surface area contributed by atoms with Crippen LogP contribution in [0.25, 0.3) is 0 Å². The number of thiol groups is 1. The average molecular weight is 229 g/mol. The zero-order valence-corrected chi connectivity index (χ0v) is 11.1. The summed E-state index contributed by atoms with van der Waals surface area (Å²) in [5, 5.41) is 0.254. The Morgan fingerprint density at radius 3 is 2.47 bits per heavy atom. The SMILES string of the molecule is CC(C)C1CCCC(=O)N(C)C1C(C)S. The summed E-state index contributed by atoms with van der Waals surface area (Å²) >= 11 is 4.55. The average Bonchev–Trinajstić information content (AvgIpc) is 2.27. The molecule has 15 heavy (non-hydrogen) atoms. The summed E-state index contributed by atoms with van der Waals surface area (Å²) in [7, 11) is 1.93. The predicted octanol–water partition coefficient (Wildman–Crippen LogP) is 2.59. The van der Waals surface area contributed by atoms with E-state index in [0.29, 0.717) is 24.3 Å². The van der Waals surface area contributed by atoms with Crippen LogP contribution in [0.1, 0.15) is 40.0 Å². The van der Waals surface area contributed by atoms with Crippen molar-refractivity contribution in [2.24, 2.45) is 11.8 Å². The van der Waals surface area contributed by atoms with Gasteiger partial charge in [0, 0.05) is 24.8 Å². The summed E-state index contributed by atoms with van der Waals surface area (Å²) in [6.45, 7) is 6.59. The maximum Gasteiger partial charge on any atom is 0.222 e. The van der Waals surface area contributed by atoms with E-state index in [1.807, 2.05) is 11.9 Å². The van der Waals surface area contributed by atoms with Crippen LogP contribution in [0.3, 0.4) is 0 Å². The van der Waals surface area contributed by atoms with E-state index >= 15 is 0 Å². The van der Waals surface area contributed by atoms with Crippen LogP contribution >= 0.6 is 12.6 Å². The largest absolute Gasteiger partial charge is 0.341 e. The fraction of sp³-hybridized carbons (Fsp3) is 0.917. The van der Waals surface area contributed by atoms with Gasteiger partial charge in [-0.2, -0.15) is 12.6 Å². The third-order valence-electron chi connectivity index (χ3n) is 3.56. The van der Waals surface area contributed by atoms with Crippen molar-refractivity contribution in [2.75, 3.05) is 7.05 Å². The van der Waals surface area contributed by atoms with Crippen molar-refractivity contribution >= 4 is 18.5 Å². The smallest absolute Gasteiger partial charge is 0.222 e. The molecule has 0 spiro atoms. The number of carbonyl (C=O) groups is 1. The zero-order valence-electron chi connectivity index (χ0n) is 10.2. The molecule has 1 fully saturated rings. The quantitative estimate of drug-likeness (QED) is 0.722. The van der Waals surface area contributed by atoms with Gasteiger partial charge in [0.1, 0.15) is 0 Å². The molecule has 1 heterocycles. The minimum Gasteiger partial charge on any atom is -0.341 e. The van der Waals surface area contributed by atoms with Gasteiger partial charge in [0.15, 0.2) is 0 Å². The Kier molecular flexibility index (Phi) is 4.50. The van der Waals surface area contributed by atoms with Gasteiger partial charge in [-0.1, -0.05) is 20.8 Å². The summed E-state index contributed by atoms with van der Waals surface area (Å²) in [6, 6.07) is 0.295. The van der Waals surface area contributed by atoms with Crippen molar-refractivity contribution in [3.8, 4) is 0 Å². The van der Waals surface area contributed by atoms with Gasteiger partial charge in [-0.15, -0.1) is 0 Å². The summed E-state index contributed by atoms with van der Waals surface area (Å²) in [6.07, 6.45) is 2.89. The summed E-state index contributed by atoms with van der Waals surface area (Å²) in [4.78, 5) is 13.7. The highest BCUT2D eigenvalue weighted by Gasteiger charge is 2.35. The number of amides is 1. The molecule has 0 radical (unpaired) electrons. The molecule has 3 heteroatoms. The Bertz CT molecular complexity index is 228. The molecule has 1 amide bonds. The van der Waals surface area contributed by atoms with E-state index in [9.17, 15) is 4.79 Å². The Labute approximate surface area is 98.8 Å².